The van der Waals surface area contributed by atoms with E-state index < -0.39 is 0 Å². The predicted octanol–water partition coefficient (Wildman–Crippen LogP) is 7.29. The van der Waals surface area contributed by atoms with Crippen molar-refractivity contribution in [3.8, 4) is 11.1 Å². The van der Waals surface area contributed by atoms with Crippen molar-refractivity contribution in [2.75, 3.05) is 0 Å². The van der Waals surface area contributed by atoms with Gasteiger partial charge in [-0.2, -0.15) is 0 Å². The Kier molecular flexibility index (Phi) is 4.98. The summed E-state index contributed by atoms with van der Waals surface area (Å²) in [5.74, 6) is 3.09. The second kappa shape index (κ2) is 7.39. The minimum Gasteiger partial charge on any atom is -0.206 e. The van der Waals surface area contributed by atoms with Gasteiger partial charge < -0.3 is 0 Å². The fraction of sp³-hybridized carbons (Fsp3) is 0.440. The third-order valence-corrected chi connectivity index (χ3v) is 6.80. The highest BCUT2D eigenvalue weighted by Crippen LogP contribution is 2.47. The summed E-state index contributed by atoms with van der Waals surface area (Å²) >= 11 is 0. The Labute approximate surface area is 157 Å². The zero-order valence-electron chi connectivity index (χ0n) is 15.8. The Hall–Kier alpha value is -1.89. The van der Waals surface area contributed by atoms with E-state index in [0.717, 1.165) is 28.9 Å². The van der Waals surface area contributed by atoms with Gasteiger partial charge in [0.2, 0.25) is 0 Å². The standard InChI is InChI=1S/C25H29F/c1-3-18-5-6-23-16-22(12-11-21(23)15-18)19-7-9-20(10-8-19)24-13-4-17(2)14-25(24)26/h3-4,7-10,13-14,18,21-23H,1,5-6,11-12,15-16H2,2H3. The van der Waals surface area contributed by atoms with Crippen molar-refractivity contribution < 1.29 is 4.39 Å². The van der Waals surface area contributed by atoms with E-state index in [1.165, 1.54) is 44.1 Å². The van der Waals surface area contributed by atoms with Crippen molar-refractivity contribution >= 4 is 0 Å². The molecule has 2 fully saturated rings. The van der Waals surface area contributed by atoms with Gasteiger partial charge in [-0.1, -0.05) is 42.5 Å². The topological polar surface area (TPSA) is 0 Å². The van der Waals surface area contributed by atoms with E-state index in [4.69, 9.17) is 0 Å². The van der Waals surface area contributed by atoms with Gasteiger partial charge in [0, 0.05) is 5.56 Å². The Balaban J connectivity index is 1.47. The summed E-state index contributed by atoms with van der Waals surface area (Å²) in [5.41, 5.74) is 4.08. The average molecular weight is 349 g/mol. The lowest BCUT2D eigenvalue weighted by Crippen LogP contribution is -2.29. The van der Waals surface area contributed by atoms with Crippen molar-refractivity contribution in [1.29, 1.82) is 0 Å². The molecule has 2 aromatic carbocycles. The molecule has 4 unspecified atom stereocenters. The van der Waals surface area contributed by atoms with Crippen molar-refractivity contribution in [2.24, 2.45) is 17.8 Å². The first-order valence-corrected chi connectivity index (χ1v) is 10.1. The fourth-order valence-electron chi connectivity index (χ4n) is 5.23. The maximum atomic E-state index is 14.2. The maximum absolute atomic E-state index is 14.2. The first-order valence-electron chi connectivity index (χ1n) is 10.1. The van der Waals surface area contributed by atoms with Crippen molar-refractivity contribution in [1.82, 2.24) is 0 Å². The first kappa shape index (κ1) is 17.5. The smallest absolute Gasteiger partial charge is 0.131 e. The molecule has 26 heavy (non-hydrogen) atoms. The lowest BCUT2D eigenvalue weighted by Gasteiger charge is -2.41. The lowest BCUT2D eigenvalue weighted by atomic mass is 9.64. The van der Waals surface area contributed by atoms with E-state index in [1.54, 1.807) is 6.07 Å². The van der Waals surface area contributed by atoms with Crippen LogP contribution in [0.25, 0.3) is 11.1 Å². The molecule has 136 valence electrons. The number of fused-ring (bicyclic) bond motifs is 1. The van der Waals surface area contributed by atoms with Gasteiger partial charge >= 0.3 is 0 Å². The quantitative estimate of drug-likeness (QED) is 0.511. The van der Waals surface area contributed by atoms with Gasteiger partial charge in [-0.3, -0.25) is 0 Å². The van der Waals surface area contributed by atoms with E-state index in [9.17, 15) is 4.39 Å². The van der Waals surface area contributed by atoms with Crippen LogP contribution in [0.2, 0.25) is 0 Å². The first-order chi connectivity index (χ1) is 12.6. The number of allylic oxidation sites excluding steroid dienone is 1. The Bertz CT molecular complexity index is 773. The third-order valence-electron chi connectivity index (χ3n) is 6.80. The molecule has 4 atom stereocenters. The maximum Gasteiger partial charge on any atom is 0.131 e. The molecule has 0 saturated heterocycles. The van der Waals surface area contributed by atoms with Gasteiger partial charge in [-0.25, -0.2) is 4.39 Å². The summed E-state index contributed by atoms with van der Waals surface area (Å²) in [6, 6.07) is 14.2. The van der Waals surface area contributed by atoms with Crippen LogP contribution < -0.4 is 0 Å². The van der Waals surface area contributed by atoms with Crippen LogP contribution >= 0.6 is 0 Å². The lowest BCUT2D eigenvalue weighted by molar-refractivity contribution is 0.133. The van der Waals surface area contributed by atoms with Gasteiger partial charge in [0.25, 0.3) is 0 Å². The summed E-state index contributed by atoms with van der Waals surface area (Å²) in [7, 11) is 0. The van der Waals surface area contributed by atoms with Gasteiger partial charge in [-0.05, 0) is 91.9 Å². The normalized spacial score (nSPS) is 28.4. The summed E-state index contributed by atoms with van der Waals surface area (Å²) in [6.07, 6.45) is 10.2. The zero-order valence-corrected chi connectivity index (χ0v) is 15.8. The summed E-state index contributed by atoms with van der Waals surface area (Å²) in [6.45, 7) is 5.93. The number of rotatable bonds is 3. The average Bonchev–Trinajstić information content (AvgIpc) is 2.67. The number of hydrogen-bond donors (Lipinski definition) is 0. The molecule has 2 aromatic rings. The molecule has 0 spiro atoms. The van der Waals surface area contributed by atoms with E-state index in [-0.39, 0.29) is 5.82 Å². The zero-order chi connectivity index (χ0) is 18.1. The molecule has 4 rings (SSSR count). The molecule has 0 nitrogen and oxygen atoms in total. The Morgan fingerprint density at radius 1 is 0.923 bits per heavy atom. The van der Waals surface area contributed by atoms with Crippen LogP contribution in [0.1, 0.15) is 55.6 Å². The van der Waals surface area contributed by atoms with Gasteiger partial charge in [-0.15, -0.1) is 6.58 Å². The highest BCUT2D eigenvalue weighted by Gasteiger charge is 2.35. The predicted molar refractivity (Wildman–Crippen MR) is 108 cm³/mol. The third kappa shape index (κ3) is 3.49. The molecule has 2 aliphatic rings. The van der Waals surface area contributed by atoms with Crippen LogP contribution in [0, 0.1) is 30.5 Å². The molecule has 1 heteroatoms. The second-order valence-electron chi connectivity index (χ2n) is 8.44. The SMILES string of the molecule is C=CC1CCC2CC(c3ccc(-c4ccc(C)cc4F)cc3)CCC2C1. The van der Waals surface area contributed by atoms with Crippen LogP contribution in [0.5, 0.6) is 0 Å². The summed E-state index contributed by atoms with van der Waals surface area (Å²) in [4.78, 5) is 0. The Morgan fingerprint density at radius 3 is 2.38 bits per heavy atom. The molecule has 0 amide bonds. The number of halogens is 1. The molecule has 2 aliphatic carbocycles. The van der Waals surface area contributed by atoms with E-state index >= 15 is 0 Å². The van der Waals surface area contributed by atoms with Crippen molar-refractivity contribution in [2.45, 2.75) is 51.4 Å². The van der Waals surface area contributed by atoms with Gasteiger partial charge in [0.1, 0.15) is 5.82 Å². The fourth-order valence-corrected chi connectivity index (χ4v) is 5.23. The number of hydrogen-bond acceptors (Lipinski definition) is 0. The minimum absolute atomic E-state index is 0.128. The largest absolute Gasteiger partial charge is 0.206 e. The van der Waals surface area contributed by atoms with Crippen LogP contribution in [0.4, 0.5) is 4.39 Å². The summed E-state index contributed by atoms with van der Waals surface area (Å²) in [5, 5.41) is 0. The number of aryl methyl sites for hydroxylation is 1. The molecule has 0 N–H and O–H groups in total. The van der Waals surface area contributed by atoms with E-state index in [0.29, 0.717) is 11.5 Å². The van der Waals surface area contributed by atoms with Crippen LogP contribution in [-0.2, 0) is 0 Å². The molecular formula is C25H29F. The molecule has 0 aromatic heterocycles. The van der Waals surface area contributed by atoms with Crippen molar-refractivity contribution in [3.05, 3.63) is 72.1 Å². The molecule has 0 bridgehead atoms. The van der Waals surface area contributed by atoms with Crippen LogP contribution in [0.3, 0.4) is 0 Å². The molecule has 0 heterocycles. The van der Waals surface area contributed by atoms with E-state index in [1.807, 2.05) is 19.1 Å². The van der Waals surface area contributed by atoms with Gasteiger partial charge in [0.05, 0.1) is 0 Å². The highest BCUT2D eigenvalue weighted by molar-refractivity contribution is 5.64. The number of benzene rings is 2. The monoisotopic (exact) mass is 348 g/mol. The van der Waals surface area contributed by atoms with E-state index in [2.05, 4.69) is 36.9 Å². The molecule has 0 radical (unpaired) electrons. The van der Waals surface area contributed by atoms with Crippen LogP contribution in [0.15, 0.2) is 55.1 Å². The van der Waals surface area contributed by atoms with Crippen LogP contribution in [-0.4, -0.2) is 0 Å². The Morgan fingerprint density at radius 2 is 1.65 bits per heavy atom. The highest BCUT2D eigenvalue weighted by atomic mass is 19.1. The summed E-state index contributed by atoms with van der Waals surface area (Å²) < 4.78 is 14.2. The van der Waals surface area contributed by atoms with Crippen molar-refractivity contribution in [3.63, 3.8) is 0 Å². The van der Waals surface area contributed by atoms with Gasteiger partial charge in [0.15, 0.2) is 0 Å². The molecule has 2 saturated carbocycles. The molecular weight excluding hydrogens is 319 g/mol. The minimum atomic E-state index is -0.128. The second-order valence-corrected chi connectivity index (χ2v) is 8.44. The molecule has 0 aliphatic heterocycles.